The molecule has 2 fully saturated rings. The minimum absolute atomic E-state index is 0.116. The van der Waals surface area contributed by atoms with Gasteiger partial charge in [0.25, 0.3) is 0 Å². The summed E-state index contributed by atoms with van der Waals surface area (Å²) in [6, 6.07) is 10.7. The Labute approximate surface area is 246 Å². The highest BCUT2D eigenvalue weighted by Crippen LogP contribution is 2.43. The Morgan fingerprint density at radius 1 is 1.19 bits per heavy atom. The molecule has 2 saturated heterocycles. The van der Waals surface area contributed by atoms with E-state index in [9.17, 15) is 27.3 Å². The van der Waals surface area contributed by atoms with Gasteiger partial charge in [-0.3, -0.25) is 4.79 Å². The van der Waals surface area contributed by atoms with Crippen LogP contribution in [0.2, 0.25) is 5.02 Å². The first-order valence-electron chi connectivity index (χ1n) is 13.0. The van der Waals surface area contributed by atoms with Crippen LogP contribution < -0.4 is 25.8 Å². The number of anilines is 2. The molecule has 0 radical (unpaired) electrons. The third-order valence-electron chi connectivity index (χ3n) is 7.72. The van der Waals surface area contributed by atoms with E-state index in [0.29, 0.717) is 50.3 Å². The molecule has 3 heterocycles. The zero-order chi connectivity index (χ0) is 30.2. The van der Waals surface area contributed by atoms with Crippen LogP contribution in [-0.2, 0) is 15.8 Å². The van der Waals surface area contributed by atoms with Gasteiger partial charge < -0.3 is 25.8 Å². The first kappa shape index (κ1) is 30.0. The number of nitrogen functional groups attached to an aromatic ring is 1. The third-order valence-corrected chi connectivity index (χ3v) is 8.68. The Bertz CT molecular complexity index is 1520. The second kappa shape index (κ2) is 11.7. The molecule has 0 aliphatic carbocycles. The van der Waals surface area contributed by atoms with Crippen molar-refractivity contribution in [1.82, 2.24) is 15.3 Å². The van der Waals surface area contributed by atoms with Crippen molar-refractivity contribution in [2.75, 3.05) is 30.3 Å². The van der Waals surface area contributed by atoms with E-state index in [1.54, 1.807) is 6.07 Å². The van der Waals surface area contributed by atoms with Gasteiger partial charge in [0.2, 0.25) is 17.9 Å². The van der Waals surface area contributed by atoms with Gasteiger partial charge in [-0.1, -0.05) is 29.8 Å². The van der Waals surface area contributed by atoms with Crippen molar-refractivity contribution >= 4 is 40.3 Å². The molecule has 6 N–H and O–H groups in total. The fraction of sp³-hybridized carbons (Fsp3) is 0.370. The van der Waals surface area contributed by atoms with E-state index in [2.05, 4.69) is 15.3 Å². The molecular formula is C27H28ClF3N6O4S. The average molecular weight is 625 g/mol. The van der Waals surface area contributed by atoms with Gasteiger partial charge in [-0.05, 0) is 60.1 Å². The van der Waals surface area contributed by atoms with E-state index in [-0.39, 0.29) is 38.3 Å². The maximum atomic E-state index is 14.5. The highest BCUT2D eigenvalue weighted by Gasteiger charge is 2.46. The Hall–Kier alpha value is -3.46. The van der Waals surface area contributed by atoms with Crippen molar-refractivity contribution in [3.05, 3.63) is 59.1 Å². The van der Waals surface area contributed by atoms with Crippen LogP contribution in [0.1, 0.15) is 30.9 Å². The molecule has 3 atom stereocenters. The number of hydrogen-bond acceptors (Lipinski definition) is 8. The monoisotopic (exact) mass is 624 g/mol. The molecule has 15 heteroatoms. The van der Waals surface area contributed by atoms with Gasteiger partial charge in [-0.25, -0.2) is 9.35 Å². The van der Waals surface area contributed by atoms with Crippen LogP contribution in [0.4, 0.5) is 24.9 Å². The van der Waals surface area contributed by atoms with E-state index >= 15 is 0 Å². The lowest BCUT2D eigenvalue weighted by molar-refractivity contribution is -0.198. The number of aliphatic carboxylic acids is 1. The molecule has 0 amide bonds. The molecule has 1 spiro atoms. The maximum absolute atomic E-state index is 14.5. The molecular weight excluding hydrogens is 597 g/mol. The van der Waals surface area contributed by atoms with Crippen molar-refractivity contribution < 1.29 is 32.0 Å². The van der Waals surface area contributed by atoms with Crippen molar-refractivity contribution in [2.24, 2.45) is 10.6 Å². The number of halogens is 4. The van der Waals surface area contributed by atoms with Gasteiger partial charge in [-0.2, -0.15) is 23.1 Å². The van der Waals surface area contributed by atoms with Gasteiger partial charge in [0.15, 0.2) is 0 Å². The van der Waals surface area contributed by atoms with E-state index in [1.165, 1.54) is 42.5 Å². The zero-order valence-electron chi connectivity index (χ0n) is 22.1. The number of aromatic nitrogens is 2. The lowest BCUT2D eigenvalue weighted by Crippen LogP contribution is -2.41. The van der Waals surface area contributed by atoms with Crippen molar-refractivity contribution in [1.29, 1.82) is 0 Å². The Morgan fingerprint density at radius 2 is 1.93 bits per heavy atom. The quantitative estimate of drug-likeness (QED) is 0.304. The molecule has 2 aliphatic heterocycles. The molecule has 224 valence electrons. The van der Waals surface area contributed by atoms with Gasteiger partial charge in [-0.15, -0.1) is 0 Å². The maximum Gasteiger partial charge on any atom is 0.429 e. The summed E-state index contributed by atoms with van der Waals surface area (Å²) < 4.78 is 61.0. The summed E-state index contributed by atoms with van der Waals surface area (Å²) in [4.78, 5) is 21.6. The lowest BCUT2D eigenvalue weighted by Gasteiger charge is -2.39. The summed E-state index contributed by atoms with van der Waals surface area (Å²) >= 11 is 6.16. The second-order valence-electron chi connectivity index (χ2n) is 10.5. The molecule has 2 aliphatic rings. The number of piperidine rings is 1. The normalized spacial score (nSPS) is 19.9. The van der Waals surface area contributed by atoms with Crippen molar-refractivity contribution in [3.63, 3.8) is 0 Å². The number of nitrogens with zero attached hydrogens (tertiary/aromatic N) is 3. The number of rotatable bonds is 7. The Morgan fingerprint density at radius 3 is 2.57 bits per heavy atom. The van der Waals surface area contributed by atoms with Crippen molar-refractivity contribution in [3.8, 4) is 17.0 Å². The van der Waals surface area contributed by atoms with Crippen LogP contribution in [-0.4, -0.2) is 57.1 Å². The van der Waals surface area contributed by atoms with Gasteiger partial charge in [0.1, 0.15) is 22.8 Å². The van der Waals surface area contributed by atoms with Crippen LogP contribution in [0.3, 0.4) is 0 Å². The number of benzene rings is 2. The predicted molar refractivity (Wildman–Crippen MR) is 151 cm³/mol. The van der Waals surface area contributed by atoms with Crippen LogP contribution in [0, 0.1) is 5.41 Å². The lowest BCUT2D eigenvalue weighted by atomic mass is 9.76. The summed E-state index contributed by atoms with van der Waals surface area (Å²) in [7, 11) is -1.85. The molecule has 0 bridgehead atoms. The number of carboxylic acids is 1. The summed E-state index contributed by atoms with van der Waals surface area (Å²) in [5.41, 5.74) is 5.92. The third kappa shape index (κ3) is 6.46. The average Bonchev–Trinajstić information content (AvgIpc) is 3.35. The van der Waals surface area contributed by atoms with Gasteiger partial charge >= 0.3 is 12.1 Å². The number of nitrogens with one attached hydrogen (secondary N) is 1. The summed E-state index contributed by atoms with van der Waals surface area (Å²) in [6.45, 7) is 1.60. The Balaban J connectivity index is 1.43. The van der Waals surface area contributed by atoms with E-state index < -0.39 is 35.3 Å². The molecule has 1 aromatic heterocycles. The standard InChI is InChI=1S/C27H28ClF3N6O4S/c28-16-4-5-18(19(11-16)15-2-1-3-17(10-15)42(33)40)23(27(29,30)31)41-22-12-21(35-25(32)36-22)37-8-6-26(7-9-37)13-20(24(38)39)34-14-26/h1-5,10-12,20,23,34H,6-9,13-14,33H2,(H,38,39)(H2,32,35,36)/t20-,23+,42?/m0/s1. The largest absolute Gasteiger partial charge is 0.480 e. The smallest absolute Gasteiger partial charge is 0.429 e. The first-order chi connectivity index (χ1) is 19.8. The second-order valence-corrected chi connectivity index (χ2v) is 12.0. The van der Waals surface area contributed by atoms with Crippen LogP contribution in [0.25, 0.3) is 11.1 Å². The number of nitrogens with two attached hydrogens (primary N) is 2. The molecule has 2 aromatic carbocycles. The highest BCUT2D eigenvalue weighted by atomic mass is 35.5. The number of carboxylic acid groups (broad SMARTS) is 1. The first-order valence-corrected chi connectivity index (χ1v) is 14.6. The molecule has 10 nitrogen and oxygen atoms in total. The molecule has 3 aromatic rings. The molecule has 1 unspecified atom stereocenters. The number of carbonyl (C=O) groups is 1. The van der Waals surface area contributed by atoms with E-state index in [0.717, 1.165) is 0 Å². The Kier molecular flexibility index (Phi) is 8.34. The summed E-state index contributed by atoms with van der Waals surface area (Å²) in [6.07, 6.45) is -5.46. The topological polar surface area (TPSA) is 157 Å². The fourth-order valence-electron chi connectivity index (χ4n) is 5.56. The van der Waals surface area contributed by atoms with Crippen LogP contribution in [0.5, 0.6) is 5.88 Å². The van der Waals surface area contributed by atoms with E-state index in [1.807, 2.05) is 4.90 Å². The molecule has 0 saturated carbocycles. The van der Waals surface area contributed by atoms with Crippen LogP contribution in [0.15, 0.2) is 53.4 Å². The van der Waals surface area contributed by atoms with Gasteiger partial charge in [0, 0.05) is 36.3 Å². The highest BCUT2D eigenvalue weighted by molar-refractivity contribution is 7.82. The summed E-state index contributed by atoms with van der Waals surface area (Å²) in [5, 5.41) is 18.1. The van der Waals surface area contributed by atoms with Crippen LogP contribution >= 0.6 is 11.6 Å². The minimum Gasteiger partial charge on any atom is -0.480 e. The molecule has 42 heavy (non-hydrogen) atoms. The summed E-state index contributed by atoms with van der Waals surface area (Å²) in [5.74, 6) is -1.20. The number of ether oxygens (including phenoxy) is 1. The minimum atomic E-state index is -4.87. The zero-order valence-corrected chi connectivity index (χ0v) is 23.7. The van der Waals surface area contributed by atoms with Crippen molar-refractivity contribution in [2.45, 2.75) is 42.5 Å². The van der Waals surface area contributed by atoms with Gasteiger partial charge in [0.05, 0.1) is 4.90 Å². The molecule has 5 rings (SSSR count). The fourth-order valence-corrected chi connectivity index (χ4v) is 6.19. The predicted octanol–water partition coefficient (Wildman–Crippen LogP) is 4.08. The number of alkyl halides is 3. The SMILES string of the molecule is Nc1nc(O[C@H](c2ccc(Cl)cc2-c2cccc(S(N)=O)c2)C(F)(F)F)cc(N2CCC3(CC2)CN[C@H](C(=O)O)C3)n1. The number of hydrogen-bond donors (Lipinski definition) is 4. The van der Waals surface area contributed by atoms with E-state index in [4.69, 9.17) is 27.2 Å².